The minimum absolute atomic E-state index is 0.228. The molecule has 1 aliphatic rings. The molecule has 2 rings (SSSR count). The second-order valence-electron chi connectivity index (χ2n) is 5.25. The third-order valence-electron chi connectivity index (χ3n) is 3.88. The first kappa shape index (κ1) is 13.9. The van der Waals surface area contributed by atoms with Gasteiger partial charge in [0.05, 0.1) is 0 Å². The summed E-state index contributed by atoms with van der Waals surface area (Å²) in [5, 5.41) is 0. The summed E-state index contributed by atoms with van der Waals surface area (Å²) in [7, 11) is 0. The van der Waals surface area contributed by atoms with Crippen molar-refractivity contribution >= 4 is 6.09 Å². The highest BCUT2D eigenvalue weighted by Crippen LogP contribution is 2.22. The van der Waals surface area contributed by atoms with Gasteiger partial charge >= 0.3 is 6.09 Å². The molecule has 0 saturated carbocycles. The average molecular weight is 262 g/mol. The molecule has 0 aliphatic carbocycles. The summed E-state index contributed by atoms with van der Waals surface area (Å²) in [5.41, 5.74) is 6.75. The third kappa shape index (κ3) is 3.70. The molecule has 2 N–H and O–H groups in total. The standard InChI is InChI=1S/C15H22N2O2/c1-12-7-8-17(10-14(12)9-16)15(18)19-11-13-5-3-2-4-6-13/h2-6,12,14H,7-11,16H2,1H3/t12-,14+/m0/s1. The Balaban J connectivity index is 1.83. The van der Waals surface area contributed by atoms with Crippen LogP contribution in [-0.4, -0.2) is 30.6 Å². The maximum Gasteiger partial charge on any atom is 0.410 e. The molecule has 1 aliphatic heterocycles. The molecule has 1 amide bonds. The SMILES string of the molecule is C[C@H]1CCN(C(=O)OCc2ccccc2)C[C@H]1CN. The van der Waals surface area contributed by atoms with E-state index in [0.29, 0.717) is 31.5 Å². The van der Waals surface area contributed by atoms with Crippen LogP contribution < -0.4 is 5.73 Å². The molecular formula is C15H22N2O2. The molecule has 1 aromatic rings. The number of rotatable bonds is 3. The van der Waals surface area contributed by atoms with Gasteiger partial charge in [0, 0.05) is 13.1 Å². The fourth-order valence-corrected chi connectivity index (χ4v) is 2.43. The first-order chi connectivity index (χ1) is 9.20. The van der Waals surface area contributed by atoms with Gasteiger partial charge in [-0.15, -0.1) is 0 Å². The van der Waals surface area contributed by atoms with E-state index >= 15 is 0 Å². The Morgan fingerprint density at radius 1 is 1.42 bits per heavy atom. The van der Waals surface area contributed by atoms with Gasteiger partial charge in [-0.05, 0) is 30.4 Å². The zero-order chi connectivity index (χ0) is 13.7. The van der Waals surface area contributed by atoms with E-state index in [2.05, 4.69) is 6.92 Å². The maximum absolute atomic E-state index is 12.0. The van der Waals surface area contributed by atoms with Crippen LogP contribution in [0.2, 0.25) is 0 Å². The summed E-state index contributed by atoms with van der Waals surface area (Å²) in [4.78, 5) is 13.8. The summed E-state index contributed by atoms with van der Waals surface area (Å²) >= 11 is 0. The molecule has 0 spiro atoms. The lowest BCUT2D eigenvalue weighted by Gasteiger charge is -2.35. The van der Waals surface area contributed by atoms with E-state index < -0.39 is 0 Å². The molecule has 19 heavy (non-hydrogen) atoms. The van der Waals surface area contributed by atoms with Crippen LogP contribution in [0.4, 0.5) is 4.79 Å². The number of nitrogens with zero attached hydrogens (tertiary/aromatic N) is 1. The second kappa shape index (κ2) is 6.57. The number of amides is 1. The number of benzene rings is 1. The molecular weight excluding hydrogens is 240 g/mol. The van der Waals surface area contributed by atoms with Crippen molar-refractivity contribution in [3.8, 4) is 0 Å². The van der Waals surface area contributed by atoms with Gasteiger partial charge in [0.25, 0.3) is 0 Å². The Bertz CT molecular complexity index is 408. The van der Waals surface area contributed by atoms with Crippen LogP contribution in [-0.2, 0) is 11.3 Å². The number of ether oxygens (including phenoxy) is 1. The topological polar surface area (TPSA) is 55.6 Å². The van der Waals surface area contributed by atoms with E-state index in [1.165, 1.54) is 0 Å². The van der Waals surface area contributed by atoms with E-state index in [1.54, 1.807) is 4.90 Å². The van der Waals surface area contributed by atoms with Crippen molar-refractivity contribution in [3.05, 3.63) is 35.9 Å². The van der Waals surface area contributed by atoms with Crippen LogP contribution in [0, 0.1) is 11.8 Å². The molecule has 0 unspecified atom stereocenters. The lowest BCUT2D eigenvalue weighted by atomic mass is 9.87. The van der Waals surface area contributed by atoms with E-state index in [0.717, 1.165) is 18.5 Å². The van der Waals surface area contributed by atoms with E-state index in [4.69, 9.17) is 10.5 Å². The average Bonchev–Trinajstić information content (AvgIpc) is 2.46. The summed E-state index contributed by atoms with van der Waals surface area (Å²) in [6.45, 7) is 4.64. The normalized spacial score (nSPS) is 23.2. The van der Waals surface area contributed by atoms with Crippen LogP contribution >= 0.6 is 0 Å². The molecule has 1 fully saturated rings. The monoisotopic (exact) mass is 262 g/mol. The molecule has 4 heteroatoms. The van der Waals surface area contributed by atoms with Gasteiger partial charge in [-0.25, -0.2) is 4.79 Å². The number of carbonyl (C=O) groups is 1. The Hall–Kier alpha value is -1.55. The smallest absolute Gasteiger partial charge is 0.410 e. The van der Waals surface area contributed by atoms with Gasteiger partial charge in [0.1, 0.15) is 6.61 Å². The van der Waals surface area contributed by atoms with Gasteiger partial charge in [-0.1, -0.05) is 37.3 Å². The molecule has 4 nitrogen and oxygen atoms in total. The van der Waals surface area contributed by atoms with Gasteiger partial charge in [0.15, 0.2) is 0 Å². The summed E-state index contributed by atoms with van der Waals surface area (Å²) in [5.74, 6) is 0.973. The maximum atomic E-state index is 12.0. The minimum Gasteiger partial charge on any atom is -0.445 e. The van der Waals surface area contributed by atoms with Gasteiger partial charge in [0.2, 0.25) is 0 Å². The van der Waals surface area contributed by atoms with Crippen molar-refractivity contribution in [1.29, 1.82) is 0 Å². The predicted molar refractivity (Wildman–Crippen MR) is 74.5 cm³/mol. The number of nitrogens with two attached hydrogens (primary N) is 1. The highest BCUT2D eigenvalue weighted by atomic mass is 16.6. The number of piperidine rings is 1. The van der Waals surface area contributed by atoms with Crippen molar-refractivity contribution in [2.75, 3.05) is 19.6 Å². The highest BCUT2D eigenvalue weighted by molar-refractivity contribution is 5.67. The molecule has 0 radical (unpaired) electrons. The van der Waals surface area contributed by atoms with Crippen molar-refractivity contribution in [1.82, 2.24) is 4.90 Å². The first-order valence-corrected chi connectivity index (χ1v) is 6.86. The highest BCUT2D eigenvalue weighted by Gasteiger charge is 2.28. The van der Waals surface area contributed by atoms with E-state index in [9.17, 15) is 4.79 Å². The van der Waals surface area contributed by atoms with E-state index in [-0.39, 0.29) is 6.09 Å². The lowest BCUT2D eigenvalue weighted by Crippen LogP contribution is -2.45. The zero-order valence-electron chi connectivity index (χ0n) is 11.4. The van der Waals surface area contributed by atoms with Crippen LogP contribution in [0.15, 0.2) is 30.3 Å². The summed E-state index contributed by atoms with van der Waals surface area (Å²) in [6.07, 6.45) is 0.775. The van der Waals surface area contributed by atoms with Gasteiger partial charge in [-0.2, -0.15) is 0 Å². The fraction of sp³-hybridized carbons (Fsp3) is 0.533. The third-order valence-corrected chi connectivity index (χ3v) is 3.88. The predicted octanol–water partition coefficient (Wildman–Crippen LogP) is 2.24. The van der Waals surface area contributed by atoms with Gasteiger partial charge < -0.3 is 15.4 Å². The molecule has 104 valence electrons. The molecule has 0 aromatic heterocycles. The quantitative estimate of drug-likeness (QED) is 0.909. The molecule has 1 aromatic carbocycles. The zero-order valence-corrected chi connectivity index (χ0v) is 11.4. The lowest BCUT2D eigenvalue weighted by molar-refractivity contribution is 0.0686. The van der Waals surface area contributed by atoms with E-state index in [1.807, 2.05) is 30.3 Å². The van der Waals surface area contributed by atoms with Crippen molar-refractivity contribution in [2.24, 2.45) is 17.6 Å². The number of hydrogen-bond acceptors (Lipinski definition) is 3. The fourth-order valence-electron chi connectivity index (χ4n) is 2.43. The number of likely N-dealkylation sites (tertiary alicyclic amines) is 1. The Morgan fingerprint density at radius 3 is 2.84 bits per heavy atom. The Kier molecular flexibility index (Phi) is 4.80. The number of hydrogen-bond donors (Lipinski definition) is 1. The van der Waals surface area contributed by atoms with Crippen LogP contribution in [0.3, 0.4) is 0 Å². The van der Waals surface area contributed by atoms with Crippen molar-refractivity contribution in [2.45, 2.75) is 20.0 Å². The minimum atomic E-state index is -0.228. The molecule has 0 bridgehead atoms. The van der Waals surface area contributed by atoms with Crippen LogP contribution in [0.25, 0.3) is 0 Å². The van der Waals surface area contributed by atoms with Gasteiger partial charge in [-0.3, -0.25) is 0 Å². The van der Waals surface area contributed by atoms with Crippen molar-refractivity contribution in [3.63, 3.8) is 0 Å². The first-order valence-electron chi connectivity index (χ1n) is 6.86. The largest absolute Gasteiger partial charge is 0.445 e. The summed E-state index contributed by atoms with van der Waals surface area (Å²) in [6, 6.07) is 9.73. The van der Waals surface area contributed by atoms with Crippen LogP contribution in [0.1, 0.15) is 18.9 Å². The molecule has 1 heterocycles. The molecule has 1 saturated heterocycles. The Morgan fingerprint density at radius 2 is 2.16 bits per heavy atom. The van der Waals surface area contributed by atoms with Crippen molar-refractivity contribution < 1.29 is 9.53 Å². The number of carbonyl (C=O) groups excluding carboxylic acids is 1. The Labute approximate surface area is 114 Å². The molecule has 2 atom stereocenters. The second-order valence-corrected chi connectivity index (χ2v) is 5.25. The van der Waals surface area contributed by atoms with Crippen LogP contribution in [0.5, 0.6) is 0 Å². The summed E-state index contributed by atoms with van der Waals surface area (Å²) < 4.78 is 5.34.